The van der Waals surface area contributed by atoms with Crippen LogP contribution < -0.4 is 10.2 Å². The molecule has 0 bridgehead atoms. The molecule has 5 nitrogen and oxygen atoms in total. The van der Waals surface area contributed by atoms with Gasteiger partial charge in [-0.15, -0.1) is 0 Å². The van der Waals surface area contributed by atoms with Gasteiger partial charge in [-0.2, -0.15) is 0 Å². The van der Waals surface area contributed by atoms with E-state index in [0.717, 1.165) is 18.5 Å². The average Bonchev–Trinajstić information content (AvgIpc) is 3.38. The predicted molar refractivity (Wildman–Crippen MR) is 83.9 cm³/mol. The lowest BCUT2D eigenvalue weighted by atomic mass is 10.2. The fraction of sp³-hybridized carbons (Fsp3) is 0.235. The van der Waals surface area contributed by atoms with E-state index in [1.165, 1.54) is 4.90 Å². The van der Waals surface area contributed by atoms with E-state index >= 15 is 0 Å². The van der Waals surface area contributed by atoms with E-state index in [1.807, 2.05) is 30.3 Å². The van der Waals surface area contributed by atoms with E-state index in [4.69, 9.17) is 0 Å². The first-order valence-electron chi connectivity index (χ1n) is 7.26. The van der Waals surface area contributed by atoms with Crippen molar-refractivity contribution in [1.29, 1.82) is 0 Å². The predicted octanol–water partition coefficient (Wildman–Crippen LogP) is 2.25. The number of benzene rings is 1. The van der Waals surface area contributed by atoms with E-state index in [2.05, 4.69) is 10.3 Å². The monoisotopic (exact) mass is 295 g/mol. The number of rotatable bonds is 4. The van der Waals surface area contributed by atoms with E-state index in [0.29, 0.717) is 0 Å². The van der Waals surface area contributed by atoms with Crippen molar-refractivity contribution >= 4 is 17.5 Å². The molecule has 0 atom stereocenters. The molecule has 0 spiro atoms. The lowest BCUT2D eigenvalue weighted by Gasteiger charge is -2.17. The third kappa shape index (κ3) is 3.14. The quantitative estimate of drug-likeness (QED) is 0.941. The molecule has 22 heavy (non-hydrogen) atoms. The second kappa shape index (κ2) is 5.97. The van der Waals surface area contributed by atoms with Gasteiger partial charge >= 0.3 is 0 Å². The maximum absolute atomic E-state index is 12.5. The van der Waals surface area contributed by atoms with E-state index in [9.17, 15) is 9.59 Å². The largest absolute Gasteiger partial charge is 0.348 e. The molecule has 1 heterocycles. The van der Waals surface area contributed by atoms with Crippen LogP contribution in [0.15, 0.2) is 48.5 Å². The summed E-state index contributed by atoms with van der Waals surface area (Å²) in [6.45, 7) is 0. The molecule has 1 aromatic heterocycles. The molecule has 1 fully saturated rings. The van der Waals surface area contributed by atoms with E-state index in [1.54, 1.807) is 25.2 Å². The summed E-state index contributed by atoms with van der Waals surface area (Å²) in [5, 5.41) is 2.87. The van der Waals surface area contributed by atoms with Crippen molar-refractivity contribution < 1.29 is 9.59 Å². The number of carbonyl (C=O) groups excluding carboxylic acids is 2. The normalized spacial score (nSPS) is 13.5. The number of hydrogen-bond donors (Lipinski definition) is 1. The third-order valence-electron chi connectivity index (χ3n) is 3.56. The summed E-state index contributed by atoms with van der Waals surface area (Å²) >= 11 is 0. The summed E-state index contributed by atoms with van der Waals surface area (Å²) in [6.07, 6.45) is 2.03. The van der Waals surface area contributed by atoms with Crippen molar-refractivity contribution in [2.45, 2.75) is 18.9 Å². The average molecular weight is 295 g/mol. The first-order valence-corrected chi connectivity index (χ1v) is 7.26. The maximum atomic E-state index is 12.5. The molecule has 1 aliphatic rings. The van der Waals surface area contributed by atoms with Crippen LogP contribution in [0.1, 0.15) is 33.8 Å². The molecule has 0 radical (unpaired) electrons. The van der Waals surface area contributed by atoms with Crippen LogP contribution in [0, 0.1) is 0 Å². The van der Waals surface area contributed by atoms with Gasteiger partial charge in [-0.1, -0.05) is 24.3 Å². The van der Waals surface area contributed by atoms with E-state index in [-0.39, 0.29) is 29.2 Å². The highest BCUT2D eigenvalue weighted by atomic mass is 16.2. The van der Waals surface area contributed by atoms with Gasteiger partial charge in [0.15, 0.2) is 0 Å². The fourth-order valence-electron chi connectivity index (χ4n) is 2.11. The van der Waals surface area contributed by atoms with Crippen LogP contribution in [0.2, 0.25) is 0 Å². The van der Waals surface area contributed by atoms with Crippen LogP contribution in [0.25, 0.3) is 0 Å². The zero-order valence-corrected chi connectivity index (χ0v) is 12.3. The van der Waals surface area contributed by atoms with Crippen molar-refractivity contribution in [1.82, 2.24) is 10.3 Å². The molecule has 0 saturated heterocycles. The minimum absolute atomic E-state index is 0.223. The second-order valence-corrected chi connectivity index (χ2v) is 5.36. The minimum atomic E-state index is -0.243. The molecular formula is C17H17N3O2. The Kier molecular flexibility index (Phi) is 3.87. The smallest absolute Gasteiger partial charge is 0.276 e. The second-order valence-electron chi connectivity index (χ2n) is 5.36. The van der Waals surface area contributed by atoms with Crippen LogP contribution in [0.4, 0.5) is 5.69 Å². The highest BCUT2D eigenvalue weighted by Crippen LogP contribution is 2.19. The van der Waals surface area contributed by atoms with Crippen LogP contribution >= 0.6 is 0 Å². The number of anilines is 1. The number of nitrogens with one attached hydrogen (secondary N) is 1. The summed E-state index contributed by atoms with van der Waals surface area (Å²) < 4.78 is 0. The SMILES string of the molecule is CN(C(=O)c1cccc(C(=O)NC2CC2)n1)c1ccccc1. The number of amides is 2. The highest BCUT2D eigenvalue weighted by Gasteiger charge is 2.25. The molecule has 1 aromatic carbocycles. The Bertz CT molecular complexity index is 696. The van der Waals surface area contributed by atoms with Gasteiger partial charge in [0.2, 0.25) is 0 Å². The number of nitrogens with zero attached hydrogens (tertiary/aromatic N) is 2. The highest BCUT2D eigenvalue weighted by molar-refractivity contribution is 6.05. The van der Waals surface area contributed by atoms with Crippen molar-refractivity contribution in [2.75, 3.05) is 11.9 Å². The molecule has 112 valence electrons. The topological polar surface area (TPSA) is 62.3 Å². The Morgan fingerprint density at radius 1 is 1.05 bits per heavy atom. The van der Waals surface area contributed by atoms with Gasteiger partial charge in [-0.05, 0) is 37.1 Å². The Morgan fingerprint density at radius 3 is 2.41 bits per heavy atom. The Labute approximate surface area is 129 Å². The maximum Gasteiger partial charge on any atom is 0.276 e. The van der Waals surface area contributed by atoms with E-state index < -0.39 is 0 Å². The van der Waals surface area contributed by atoms with Crippen LogP contribution in [0.5, 0.6) is 0 Å². The van der Waals surface area contributed by atoms with Gasteiger partial charge in [0.25, 0.3) is 11.8 Å². The van der Waals surface area contributed by atoms with Crippen molar-refractivity contribution in [3.63, 3.8) is 0 Å². The number of carbonyl (C=O) groups is 2. The van der Waals surface area contributed by atoms with Gasteiger partial charge in [0.1, 0.15) is 11.4 Å². The molecule has 1 N–H and O–H groups in total. The summed E-state index contributed by atoms with van der Waals surface area (Å²) in [4.78, 5) is 30.2. The fourth-order valence-corrected chi connectivity index (χ4v) is 2.11. The first kappa shape index (κ1) is 14.3. The molecule has 5 heteroatoms. The van der Waals surface area contributed by atoms with Crippen LogP contribution in [-0.2, 0) is 0 Å². The molecule has 0 aliphatic heterocycles. The van der Waals surface area contributed by atoms with Crippen LogP contribution in [-0.4, -0.2) is 29.9 Å². The van der Waals surface area contributed by atoms with Gasteiger partial charge in [0, 0.05) is 18.8 Å². The van der Waals surface area contributed by atoms with Gasteiger partial charge in [-0.3, -0.25) is 9.59 Å². The summed E-state index contributed by atoms with van der Waals surface area (Å²) in [5.41, 5.74) is 1.32. The van der Waals surface area contributed by atoms with Crippen molar-refractivity contribution in [3.05, 3.63) is 59.9 Å². The van der Waals surface area contributed by atoms with Crippen LogP contribution in [0.3, 0.4) is 0 Å². The van der Waals surface area contributed by atoms with Crippen molar-refractivity contribution in [3.8, 4) is 0 Å². The van der Waals surface area contributed by atoms with Gasteiger partial charge in [-0.25, -0.2) is 4.98 Å². The third-order valence-corrected chi connectivity index (χ3v) is 3.56. The molecule has 1 aliphatic carbocycles. The molecule has 1 saturated carbocycles. The minimum Gasteiger partial charge on any atom is -0.348 e. The summed E-state index contributed by atoms with van der Waals surface area (Å²) in [6, 6.07) is 14.5. The molecule has 2 amide bonds. The Morgan fingerprint density at radius 2 is 1.73 bits per heavy atom. The number of aromatic nitrogens is 1. The number of pyridine rings is 1. The number of para-hydroxylation sites is 1. The lowest BCUT2D eigenvalue weighted by Crippen LogP contribution is -2.29. The lowest BCUT2D eigenvalue weighted by molar-refractivity contribution is 0.0945. The van der Waals surface area contributed by atoms with Gasteiger partial charge < -0.3 is 10.2 Å². The zero-order chi connectivity index (χ0) is 15.5. The molecule has 2 aromatic rings. The van der Waals surface area contributed by atoms with Crippen molar-refractivity contribution in [2.24, 2.45) is 0 Å². The molecule has 0 unspecified atom stereocenters. The summed E-state index contributed by atoms with van der Waals surface area (Å²) in [5.74, 6) is -0.466. The Balaban J connectivity index is 1.79. The first-order chi connectivity index (χ1) is 10.6. The molecular weight excluding hydrogens is 278 g/mol. The van der Waals surface area contributed by atoms with Gasteiger partial charge in [0.05, 0.1) is 0 Å². The summed E-state index contributed by atoms with van der Waals surface area (Å²) in [7, 11) is 1.69. The zero-order valence-electron chi connectivity index (χ0n) is 12.3. The standard InChI is InChI=1S/C17H17N3O2/c1-20(13-6-3-2-4-7-13)17(22)15-9-5-8-14(19-15)16(21)18-12-10-11-12/h2-9,12H,10-11H2,1H3,(H,18,21). The molecule has 3 rings (SSSR count). The number of hydrogen-bond acceptors (Lipinski definition) is 3. The Hall–Kier alpha value is -2.69.